The lowest BCUT2D eigenvalue weighted by Crippen LogP contribution is -2.46. The molecule has 3 N–H and O–H groups in total. The molecule has 6 heteroatoms. The number of carbonyl (C=O) groups excluding carboxylic acids is 2. The van der Waals surface area contributed by atoms with E-state index in [-0.39, 0.29) is 24.9 Å². The first-order valence-electron chi connectivity index (χ1n) is 27.6. The zero-order chi connectivity index (χ0) is 46.7. The first-order chi connectivity index (χ1) is 31.5. The van der Waals surface area contributed by atoms with Gasteiger partial charge in [-0.2, -0.15) is 0 Å². The predicted octanol–water partition coefficient (Wildman–Crippen LogP) is 16.8. The van der Waals surface area contributed by atoms with E-state index in [1.54, 1.807) is 0 Å². The maximum absolute atomic E-state index is 13.2. The van der Waals surface area contributed by atoms with Crippen molar-refractivity contribution < 1.29 is 24.5 Å². The van der Waals surface area contributed by atoms with Crippen LogP contribution in [0.2, 0.25) is 0 Å². The van der Waals surface area contributed by atoms with Crippen LogP contribution in [0.4, 0.5) is 0 Å². The highest BCUT2D eigenvalue weighted by atomic mass is 16.5. The van der Waals surface area contributed by atoms with Crippen molar-refractivity contribution in [3.05, 3.63) is 60.8 Å². The summed E-state index contributed by atoms with van der Waals surface area (Å²) in [5, 5.41) is 23.8. The number of rotatable bonds is 49. The fourth-order valence-electron chi connectivity index (χ4n) is 8.26. The number of ether oxygens (including phenoxy) is 1. The third-order valence-corrected chi connectivity index (χ3v) is 12.4. The van der Waals surface area contributed by atoms with Gasteiger partial charge >= 0.3 is 5.97 Å². The van der Waals surface area contributed by atoms with Crippen LogP contribution in [0.1, 0.15) is 271 Å². The van der Waals surface area contributed by atoms with Gasteiger partial charge in [-0.1, -0.05) is 248 Å². The van der Waals surface area contributed by atoms with E-state index >= 15 is 0 Å². The molecule has 1 amide bonds. The number of aliphatic hydroxyl groups excluding tert-OH is 2. The van der Waals surface area contributed by atoms with Crippen LogP contribution >= 0.6 is 0 Å². The van der Waals surface area contributed by atoms with Gasteiger partial charge in [-0.25, -0.2) is 0 Å². The number of hydrogen-bond acceptors (Lipinski definition) is 5. The maximum Gasteiger partial charge on any atom is 0.306 e. The van der Waals surface area contributed by atoms with Crippen LogP contribution in [0.3, 0.4) is 0 Å². The number of allylic oxidation sites excluding steroid dienone is 10. The van der Waals surface area contributed by atoms with Crippen molar-refractivity contribution in [2.24, 2.45) is 0 Å². The SMILES string of the molecule is CC/C=C/C=C/C=C/C=C\CCCCCCCC(=O)OC(CCCCC/C=C/CCCCCCCCC)CC(=O)NC(CO)C(O)CCCCCCCCCCCCCCCCCC. The predicted molar refractivity (Wildman–Crippen MR) is 278 cm³/mol. The van der Waals surface area contributed by atoms with Crippen LogP contribution < -0.4 is 5.32 Å². The first-order valence-corrected chi connectivity index (χ1v) is 27.6. The van der Waals surface area contributed by atoms with E-state index in [1.807, 2.05) is 18.2 Å². The van der Waals surface area contributed by atoms with Crippen LogP contribution in [0, 0.1) is 0 Å². The molecule has 0 fully saturated rings. The van der Waals surface area contributed by atoms with Gasteiger partial charge in [0.15, 0.2) is 0 Å². The fourth-order valence-corrected chi connectivity index (χ4v) is 8.26. The summed E-state index contributed by atoms with van der Waals surface area (Å²) >= 11 is 0. The van der Waals surface area contributed by atoms with Crippen molar-refractivity contribution in [2.75, 3.05) is 6.61 Å². The molecular formula is C58H105NO5. The number of amides is 1. The minimum Gasteiger partial charge on any atom is -0.462 e. The first kappa shape index (κ1) is 61.6. The molecule has 0 aromatic heterocycles. The largest absolute Gasteiger partial charge is 0.462 e. The molecule has 0 aliphatic heterocycles. The highest BCUT2D eigenvalue weighted by molar-refractivity contribution is 5.77. The minimum atomic E-state index is -0.798. The Morgan fingerprint density at radius 3 is 1.34 bits per heavy atom. The normalized spacial score (nSPS) is 13.6. The molecule has 0 aromatic rings. The second kappa shape index (κ2) is 51.5. The summed E-state index contributed by atoms with van der Waals surface area (Å²) in [6, 6.07) is -0.713. The molecule has 3 unspecified atom stereocenters. The van der Waals surface area contributed by atoms with Crippen LogP contribution in [0.5, 0.6) is 0 Å². The Morgan fingerprint density at radius 1 is 0.469 bits per heavy atom. The summed E-state index contributed by atoms with van der Waals surface area (Å²) in [6.45, 7) is 6.35. The molecule has 372 valence electrons. The zero-order valence-corrected chi connectivity index (χ0v) is 42.4. The van der Waals surface area contributed by atoms with Crippen molar-refractivity contribution in [1.82, 2.24) is 5.32 Å². The van der Waals surface area contributed by atoms with Gasteiger partial charge in [0.05, 0.1) is 25.2 Å². The summed E-state index contributed by atoms with van der Waals surface area (Å²) in [7, 11) is 0. The molecule has 0 aliphatic carbocycles. The molecule has 0 saturated carbocycles. The Labute approximate surface area is 397 Å². The van der Waals surface area contributed by atoms with Gasteiger partial charge in [-0.05, 0) is 70.6 Å². The van der Waals surface area contributed by atoms with Crippen molar-refractivity contribution >= 4 is 11.9 Å². The van der Waals surface area contributed by atoms with Gasteiger partial charge < -0.3 is 20.3 Å². The number of aliphatic hydroxyl groups is 2. The summed E-state index contributed by atoms with van der Waals surface area (Å²) in [6.07, 6.45) is 64.2. The van der Waals surface area contributed by atoms with E-state index in [0.717, 1.165) is 96.3 Å². The van der Waals surface area contributed by atoms with Gasteiger partial charge in [0.25, 0.3) is 0 Å². The minimum absolute atomic E-state index is 0.0568. The average molecular weight is 896 g/mol. The lowest BCUT2D eigenvalue weighted by molar-refractivity contribution is -0.151. The zero-order valence-electron chi connectivity index (χ0n) is 42.4. The summed E-state index contributed by atoms with van der Waals surface area (Å²) < 4.78 is 5.93. The van der Waals surface area contributed by atoms with E-state index in [1.165, 1.54) is 128 Å². The third-order valence-electron chi connectivity index (χ3n) is 12.4. The van der Waals surface area contributed by atoms with Crippen LogP contribution in [-0.2, 0) is 14.3 Å². The van der Waals surface area contributed by atoms with Gasteiger partial charge in [-0.15, -0.1) is 0 Å². The molecule has 0 saturated heterocycles. The molecule has 0 bridgehead atoms. The molecule has 0 heterocycles. The van der Waals surface area contributed by atoms with Crippen molar-refractivity contribution in [3.63, 3.8) is 0 Å². The smallest absolute Gasteiger partial charge is 0.306 e. The van der Waals surface area contributed by atoms with Crippen LogP contribution in [-0.4, -0.2) is 46.9 Å². The molecular weight excluding hydrogens is 791 g/mol. The van der Waals surface area contributed by atoms with Gasteiger partial charge in [0.2, 0.25) is 5.91 Å². The van der Waals surface area contributed by atoms with E-state index in [2.05, 4.69) is 68.6 Å². The number of hydrogen-bond donors (Lipinski definition) is 3. The van der Waals surface area contributed by atoms with Gasteiger partial charge in [0.1, 0.15) is 6.10 Å². The third kappa shape index (κ3) is 46.1. The van der Waals surface area contributed by atoms with Crippen LogP contribution in [0.25, 0.3) is 0 Å². The molecule has 0 aliphatic rings. The molecule has 0 rings (SSSR count). The highest BCUT2D eigenvalue weighted by Crippen LogP contribution is 2.18. The fraction of sp³-hybridized carbons (Fsp3) is 0.793. The van der Waals surface area contributed by atoms with Crippen molar-refractivity contribution in [3.8, 4) is 0 Å². The quantitative estimate of drug-likeness (QED) is 0.0245. The highest BCUT2D eigenvalue weighted by Gasteiger charge is 2.24. The Morgan fingerprint density at radius 2 is 0.859 bits per heavy atom. The van der Waals surface area contributed by atoms with Crippen LogP contribution in [0.15, 0.2) is 60.8 Å². The summed E-state index contributed by atoms with van der Waals surface area (Å²) in [5.41, 5.74) is 0. The van der Waals surface area contributed by atoms with E-state index in [0.29, 0.717) is 19.3 Å². The summed E-state index contributed by atoms with van der Waals surface area (Å²) in [5.74, 6) is -0.511. The topological polar surface area (TPSA) is 95.9 Å². The number of unbranched alkanes of at least 4 members (excludes halogenated alkanes) is 30. The number of nitrogens with one attached hydrogen (secondary N) is 1. The Balaban J connectivity index is 4.59. The lowest BCUT2D eigenvalue weighted by Gasteiger charge is -2.24. The molecule has 3 atom stereocenters. The molecule has 6 nitrogen and oxygen atoms in total. The number of esters is 1. The molecule has 0 radical (unpaired) electrons. The Kier molecular flexibility index (Phi) is 49.6. The molecule has 0 aromatic carbocycles. The standard InChI is InChI=1S/C58H105NO5/c1-4-7-10-13-16-19-22-25-28-30-32-35-38-41-44-47-50-56(61)55(53-60)59-57(62)52-54(49-46-43-40-37-34-31-27-24-21-18-15-12-9-6-3)64-58(63)51-48-45-42-39-36-33-29-26-23-20-17-14-11-8-5-2/h8,11,14,17,20,23,26,29,31,34,54-56,60-61H,4-7,9-10,12-13,15-16,18-19,21-22,24-25,27-28,30,32-33,35-53H2,1-3H3,(H,59,62)/b11-8+,17-14+,23-20+,29-26-,34-31+. The van der Waals surface area contributed by atoms with Crippen molar-refractivity contribution in [1.29, 1.82) is 0 Å². The molecule has 64 heavy (non-hydrogen) atoms. The Hall–Kier alpha value is -2.44. The second-order valence-corrected chi connectivity index (χ2v) is 18.7. The second-order valence-electron chi connectivity index (χ2n) is 18.7. The van der Waals surface area contributed by atoms with Gasteiger partial charge in [-0.3, -0.25) is 9.59 Å². The van der Waals surface area contributed by atoms with Gasteiger partial charge in [0, 0.05) is 6.42 Å². The molecule has 0 spiro atoms. The maximum atomic E-state index is 13.2. The van der Waals surface area contributed by atoms with E-state index in [9.17, 15) is 19.8 Å². The van der Waals surface area contributed by atoms with E-state index in [4.69, 9.17) is 4.74 Å². The number of carbonyl (C=O) groups is 2. The Bertz CT molecular complexity index is 1140. The monoisotopic (exact) mass is 896 g/mol. The van der Waals surface area contributed by atoms with E-state index < -0.39 is 18.2 Å². The summed E-state index contributed by atoms with van der Waals surface area (Å²) in [4.78, 5) is 26.2. The van der Waals surface area contributed by atoms with Crippen molar-refractivity contribution in [2.45, 2.75) is 289 Å². The lowest BCUT2D eigenvalue weighted by atomic mass is 10.0. The average Bonchev–Trinajstić information content (AvgIpc) is 3.29.